The van der Waals surface area contributed by atoms with E-state index >= 15 is 0 Å². The van der Waals surface area contributed by atoms with Gasteiger partial charge in [0.15, 0.2) is 0 Å². The third-order valence-corrected chi connectivity index (χ3v) is 2.15. The zero-order valence-corrected chi connectivity index (χ0v) is 9.43. The van der Waals surface area contributed by atoms with Crippen molar-refractivity contribution >= 4 is 6.09 Å². The van der Waals surface area contributed by atoms with Crippen molar-refractivity contribution in [3.63, 3.8) is 0 Å². The van der Waals surface area contributed by atoms with Crippen molar-refractivity contribution in [2.75, 3.05) is 14.1 Å². The monoisotopic (exact) mass is 207 g/mol. The van der Waals surface area contributed by atoms with Crippen LogP contribution in [0.25, 0.3) is 0 Å². The molecule has 0 heterocycles. The molecule has 0 spiro atoms. The van der Waals surface area contributed by atoms with Crippen LogP contribution in [0.4, 0.5) is 4.79 Å². The molecule has 0 aromatic heterocycles. The predicted octanol–water partition coefficient (Wildman–Crippen LogP) is 2.84. The highest BCUT2D eigenvalue weighted by molar-refractivity contribution is 5.67. The summed E-state index contributed by atoms with van der Waals surface area (Å²) in [7, 11) is 3.36. The normalized spacial score (nSPS) is 11.9. The molecule has 0 fully saturated rings. The summed E-state index contributed by atoms with van der Waals surface area (Å²) in [5, 5.41) is 0. The van der Waals surface area contributed by atoms with Crippen LogP contribution in [0.1, 0.15) is 25.0 Å². The first-order valence-corrected chi connectivity index (χ1v) is 5.08. The van der Waals surface area contributed by atoms with Crippen LogP contribution in [0, 0.1) is 0 Å². The van der Waals surface area contributed by atoms with Gasteiger partial charge in [0.05, 0.1) is 0 Å². The molecule has 1 atom stereocenters. The average Bonchev–Trinajstić information content (AvgIpc) is 2.26. The molecule has 0 aliphatic heterocycles. The summed E-state index contributed by atoms with van der Waals surface area (Å²) >= 11 is 0. The molecule has 0 aliphatic rings. The Kier molecular flexibility index (Phi) is 4.16. The minimum atomic E-state index is -0.300. The van der Waals surface area contributed by atoms with Crippen molar-refractivity contribution in [2.24, 2.45) is 0 Å². The summed E-state index contributed by atoms with van der Waals surface area (Å²) in [6.07, 6.45) is 0.329. The largest absolute Gasteiger partial charge is 0.441 e. The Bertz CT molecular complexity index is 309. The Morgan fingerprint density at radius 1 is 1.33 bits per heavy atom. The number of rotatable bonds is 3. The predicted molar refractivity (Wildman–Crippen MR) is 59.6 cm³/mol. The maximum absolute atomic E-state index is 11.4. The van der Waals surface area contributed by atoms with Crippen LogP contribution in [-0.2, 0) is 4.74 Å². The number of carbonyl (C=O) groups excluding carboxylic acids is 1. The Labute approximate surface area is 90.7 Å². The molecular formula is C12H17NO2. The van der Waals surface area contributed by atoms with Crippen LogP contribution in [0.3, 0.4) is 0 Å². The molecule has 0 bridgehead atoms. The molecule has 0 saturated carbocycles. The second kappa shape index (κ2) is 5.39. The zero-order valence-electron chi connectivity index (χ0n) is 9.43. The number of nitrogens with zero attached hydrogens (tertiary/aromatic N) is 1. The van der Waals surface area contributed by atoms with Gasteiger partial charge in [0.2, 0.25) is 0 Å². The summed E-state index contributed by atoms with van der Waals surface area (Å²) < 4.78 is 5.33. The number of hydrogen-bond acceptors (Lipinski definition) is 2. The second-order valence-electron chi connectivity index (χ2n) is 3.59. The van der Waals surface area contributed by atoms with Gasteiger partial charge in [-0.3, -0.25) is 0 Å². The molecule has 0 aliphatic carbocycles. The Morgan fingerprint density at radius 2 is 1.93 bits per heavy atom. The average molecular weight is 207 g/mol. The smallest absolute Gasteiger partial charge is 0.409 e. The summed E-state index contributed by atoms with van der Waals surface area (Å²) in [5.41, 5.74) is 1.04. The van der Waals surface area contributed by atoms with Crippen molar-refractivity contribution in [3.8, 4) is 0 Å². The van der Waals surface area contributed by atoms with Gasteiger partial charge >= 0.3 is 6.09 Å². The lowest BCUT2D eigenvalue weighted by Gasteiger charge is -2.19. The van der Waals surface area contributed by atoms with Crippen LogP contribution in [-0.4, -0.2) is 25.1 Å². The first-order valence-electron chi connectivity index (χ1n) is 5.08. The summed E-state index contributed by atoms with van der Waals surface area (Å²) in [4.78, 5) is 12.8. The maximum atomic E-state index is 11.4. The molecule has 3 nitrogen and oxygen atoms in total. The van der Waals surface area contributed by atoms with E-state index in [1.165, 1.54) is 4.90 Å². The minimum Gasteiger partial charge on any atom is -0.441 e. The van der Waals surface area contributed by atoms with Crippen molar-refractivity contribution in [3.05, 3.63) is 35.9 Å². The van der Waals surface area contributed by atoms with Crippen molar-refractivity contribution in [1.29, 1.82) is 0 Å². The third kappa shape index (κ3) is 3.27. The van der Waals surface area contributed by atoms with Gasteiger partial charge in [0.1, 0.15) is 6.10 Å². The van der Waals surface area contributed by atoms with E-state index in [0.717, 1.165) is 12.0 Å². The Morgan fingerprint density at radius 3 is 2.40 bits per heavy atom. The van der Waals surface area contributed by atoms with Crippen LogP contribution < -0.4 is 0 Å². The van der Waals surface area contributed by atoms with E-state index in [4.69, 9.17) is 4.74 Å². The van der Waals surface area contributed by atoms with Crippen molar-refractivity contribution in [2.45, 2.75) is 19.4 Å². The molecule has 0 unspecified atom stereocenters. The molecular weight excluding hydrogens is 190 g/mol. The van der Waals surface area contributed by atoms with E-state index < -0.39 is 0 Å². The highest BCUT2D eigenvalue weighted by Gasteiger charge is 2.15. The number of benzene rings is 1. The van der Waals surface area contributed by atoms with Gasteiger partial charge in [-0.1, -0.05) is 37.3 Å². The van der Waals surface area contributed by atoms with E-state index in [-0.39, 0.29) is 12.2 Å². The second-order valence-corrected chi connectivity index (χ2v) is 3.59. The fraction of sp³-hybridized carbons (Fsp3) is 0.417. The Balaban J connectivity index is 2.69. The lowest BCUT2D eigenvalue weighted by Crippen LogP contribution is -2.24. The third-order valence-electron chi connectivity index (χ3n) is 2.15. The van der Waals surface area contributed by atoms with Gasteiger partial charge in [-0.2, -0.15) is 0 Å². The minimum absolute atomic E-state index is 0.152. The van der Waals surface area contributed by atoms with E-state index in [2.05, 4.69) is 0 Å². The number of amides is 1. The molecule has 3 heteroatoms. The summed E-state index contributed by atoms with van der Waals surface area (Å²) in [5.74, 6) is 0. The number of hydrogen-bond donors (Lipinski definition) is 0. The standard InChI is InChI=1S/C12H17NO2/c1-4-11(15-12(14)13(2)3)10-8-6-5-7-9-10/h5-9,11H,4H2,1-3H3/t11-/m1/s1. The lowest BCUT2D eigenvalue weighted by atomic mass is 10.1. The topological polar surface area (TPSA) is 29.5 Å². The highest BCUT2D eigenvalue weighted by atomic mass is 16.6. The van der Waals surface area contributed by atoms with E-state index in [9.17, 15) is 4.79 Å². The molecule has 1 amide bonds. The van der Waals surface area contributed by atoms with Crippen LogP contribution in [0.15, 0.2) is 30.3 Å². The van der Waals surface area contributed by atoms with Crippen LogP contribution >= 0.6 is 0 Å². The number of ether oxygens (including phenoxy) is 1. The fourth-order valence-corrected chi connectivity index (χ4v) is 1.28. The van der Waals surface area contributed by atoms with Crippen molar-refractivity contribution in [1.82, 2.24) is 4.90 Å². The van der Waals surface area contributed by atoms with Crippen LogP contribution in [0.2, 0.25) is 0 Å². The van der Waals surface area contributed by atoms with Gasteiger partial charge < -0.3 is 9.64 Å². The summed E-state index contributed by atoms with van der Waals surface area (Å²) in [6.45, 7) is 2.00. The van der Waals surface area contributed by atoms with E-state index in [1.807, 2.05) is 37.3 Å². The van der Waals surface area contributed by atoms with Gasteiger partial charge in [0, 0.05) is 14.1 Å². The van der Waals surface area contributed by atoms with Gasteiger partial charge in [-0.15, -0.1) is 0 Å². The molecule has 1 aromatic rings. The molecule has 0 saturated heterocycles. The van der Waals surface area contributed by atoms with Gasteiger partial charge in [-0.05, 0) is 12.0 Å². The lowest BCUT2D eigenvalue weighted by molar-refractivity contribution is 0.0723. The Hall–Kier alpha value is -1.51. The molecule has 1 aromatic carbocycles. The first kappa shape index (κ1) is 11.6. The molecule has 82 valence electrons. The summed E-state index contributed by atoms with van der Waals surface area (Å²) in [6, 6.07) is 9.78. The molecule has 1 rings (SSSR count). The molecule has 0 radical (unpaired) electrons. The first-order chi connectivity index (χ1) is 7.15. The highest BCUT2D eigenvalue weighted by Crippen LogP contribution is 2.20. The fourth-order valence-electron chi connectivity index (χ4n) is 1.28. The van der Waals surface area contributed by atoms with E-state index in [1.54, 1.807) is 14.1 Å². The van der Waals surface area contributed by atoms with Gasteiger partial charge in [0.25, 0.3) is 0 Å². The van der Waals surface area contributed by atoms with E-state index in [0.29, 0.717) is 0 Å². The molecule has 0 N–H and O–H groups in total. The quantitative estimate of drug-likeness (QED) is 0.762. The van der Waals surface area contributed by atoms with Crippen LogP contribution in [0.5, 0.6) is 0 Å². The zero-order chi connectivity index (χ0) is 11.3. The molecule has 15 heavy (non-hydrogen) atoms. The van der Waals surface area contributed by atoms with Crippen molar-refractivity contribution < 1.29 is 9.53 Å². The maximum Gasteiger partial charge on any atom is 0.409 e. The SMILES string of the molecule is CC[C@@H](OC(=O)N(C)C)c1ccccc1. The number of carbonyl (C=O) groups is 1. The van der Waals surface area contributed by atoms with Gasteiger partial charge in [-0.25, -0.2) is 4.79 Å².